The largest absolute Gasteiger partial charge is 0.419 e. The molecule has 0 N–H and O–H groups in total. The average molecular weight is 340 g/mol. The molecular weight excluding hydrogens is 322 g/mol. The Labute approximate surface area is 125 Å². The van der Waals surface area contributed by atoms with Gasteiger partial charge < -0.3 is 9.15 Å². The molecule has 2 aromatic rings. The van der Waals surface area contributed by atoms with Gasteiger partial charge in [0.05, 0.1) is 16.4 Å². The maximum atomic E-state index is 11.7. The summed E-state index contributed by atoms with van der Waals surface area (Å²) >= 11 is 3.72. The molecule has 0 spiro atoms. The molecule has 1 saturated heterocycles. The molecule has 1 aliphatic heterocycles. The highest BCUT2D eigenvalue weighted by atomic mass is 79.9. The molecule has 2 unspecified atom stereocenters. The molecule has 108 valence electrons. The van der Waals surface area contributed by atoms with Gasteiger partial charge in [-0.25, -0.2) is 4.79 Å². The van der Waals surface area contributed by atoms with Crippen molar-refractivity contribution in [2.75, 3.05) is 6.61 Å². The topological polar surface area (TPSA) is 44.4 Å². The Kier molecular flexibility index (Phi) is 3.98. The van der Waals surface area contributed by atoms with Crippen LogP contribution in [0.3, 0.4) is 0 Å². The summed E-state index contributed by atoms with van der Waals surface area (Å²) in [5.41, 5.74) is 2.60. The fourth-order valence-corrected chi connectivity index (χ4v) is 3.47. The van der Waals surface area contributed by atoms with Crippen molar-refractivity contribution in [2.24, 2.45) is 0 Å². The smallest absolute Gasteiger partial charge is 0.408 e. The molecule has 1 aliphatic rings. The second-order valence-corrected chi connectivity index (χ2v) is 6.13. The molecule has 0 aliphatic carbocycles. The Morgan fingerprint density at radius 3 is 3.00 bits per heavy atom. The van der Waals surface area contributed by atoms with E-state index in [9.17, 15) is 4.79 Å². The first-order valence-corrected chi connectivity index (χ1v) is 8.01. The summed E-state index contributed by atoms with van der Waals surface area (Å²) in [5.74, 6) is -0.292. The highest BCUT2D eigenvalue weighted by Gasteiger charge is 2.24. The van der Waals surface area contributed by atoms with Crippen LogP contribution in [0.25, 0.3) is 11.1 Å². The van der Waals surface area contributed by atoms with E-state index in [0.717, 1.165) is 30.5 Å². The number of oxazole rings is 1. The molecule has 0 bridgehead atoms. The van der Waals surface area contributed by atoms with Gasteiger partial charge in [-0.15, -0.1) is 0 Å². The maximum absolute atomic E-state index is 11.7. The fourth-order valence-electron chi connectivity index (χ4n) is 2.77. The molecule has 0 saturated carbocycles. The zero-order valence-electron chi connectivity index (χ0n) is 11.5. The number of ether oxygens (including phenoxy) is 1. The van der Waals surface area contributed by atoms with Crippen molar-refractivity contribution in [1.29, 1.82) is 0 Å². The lowest BCUT2D eigenvalue weighted by Gasteiger charge is -2.27. The van der Waals surface area contributed by atoms with Gasteiger partial charge in [-0.05, 0) is 43.9 Å². The second kappa shape index (κ2) is 5.74. The van der Waals surface area contributed by atoms with E-state index in [2.05, 4.69) is 15.9 Å². The van der Waals surface area contributed by atoms with Gasteiger partial charge in [0, 0.05) is 13.2 Å². The Hall–Kier alpha value is -1.07. The fraction of sp³-hybridized carbons (Fsp3) is 0.533. The molecule has 1 aromatic heterocycles. The van der Waals surface area contributed by atoms with Crippen molar-refractivity contribution >= 4 is 27.0 Å². The lowest BCUT2D eigenvalue weighted by Crippen LogP contribution is -2.23. The number of fused-ring (bicyclic) bond motifs is 1. The molecule has 20 heavy (non-hydrogen) atoms. The summed E-state index contributed by atoms with van der Waals surface area (Å²) in [6, 6.07) is 5.94. The number of rotatable bonds is 3. The predicted molar refractivity (Wildman–Crippen MR) is 81.4 cm³/mol. The number of hydrogen-bond donors (Lipinski definition) is 0. The maximum Gasteiger partial charge on any atom is 0.419 e. The molecule has 2 atom stereocenters. The van der Waals surface area contributed by atoms with Crippen LogP contribution >= 0.6 is 15.9 Å². The van der Waals surface area contributed by atoms with Crippen LogP contribution in [0.2, 0.25) is 0 Å². The number of halogens is 1. The Balaban J connectivity index is 1.94. The van der Waals surface area contributed by atoms with Crippen molar-refractivity contribution in [3.63, 3.8) is 0 Å². The minimum absolute atomic E-state index is 0.141. The van der Waals surface area contributed by atoms with E-state index >= 15 is 0 Å². The quantitative estimate of drug-likeness (QED) is 0.802. The third-order valence-electron chi connectivity index (χ3n) is 3.87. The first-order valence-electron chi connectivity index (χ1n) is 7.09. The van der Waals surface area contributed by atoms with Crippen LogP contribution in [-0.2, 0) is 11.3 Å². The Morgan fingerprint density at radius 1 is 1.45 bits per heavy atom. The van der Waals surface area contributed by atoms with Crippen LogP contribution in [-0.4, -0.2) is 17.3 Å². The van der Waals surface area contributed by atoms with Gasteiger partial charge in [0.2, 0.25) is 0 Å². The average Bonchev–Trinajstić information content (AvgIpc) is 2.81. The standard InChI is InChI=1S/C15H18BrNO3/c1-2-17-11-7-6-10(9-13(11)20-15(17)18)14(16)12-5-3-4-8-19-12/h6-7,9,12,14H,2-5,8H2,1H3. The van der Waals surface area contributed by atoms with Gasteiger partial charge in [0.1, 0.15) is 0 Å². The van der Waals surface area contributed by atoms with E-state index in [-0.39, 0.29) is 16.7 Å². The zero-order chi connectivity index (χ0) is 14.1. The number of aryl methyl sites for hydroxylation is 1. The van der Waals surface area contributed by atoms with Crippen molar-refractivity contribution in [3.05, 3.63) is 34.3 Å². The van der Waals surface area contributed by atoms with E-state index in [1.165, 1.54) is 6.42 Å². The molecule has 5 heteroatoms. The lowest BCUT2D eigenvalue weighted by molar-refractivity contribution is 0.0160. The van der Waals surface area contributed by atoms with Crippen LogP contribution in [0.5, 0.6) is 0 Å². The van der Waals surface area contributed by atoms with E-state index < -0.39 is 0 Å². The van der Waals surface area contributed by atoms with Gasteiger partial charge in [-0.2, -0.15) is 0 Å². The van der Waals surface area contributed by atoms with Gasteiger partial charge in [-0.1, -0.05) is 22.0 Å². The lowest BCUT2D eigenvalue weighted by atomic mass is 10.0. The normalized spacial score (nSPS) is 21.2. The minimum atomic E-state index is -0.292. The van der Waals surface area contributed by atoms with Crippen molar-refractivity contribution in [1.82, 2.24) is 4.57 Å². The van der Waals surface area contributed by atoms with Crippen molar-refractivity contribution in [2.45, 2.75) is 43.7 Å². The molecular formula is C15H18BrNO3. The zero-order valence-corrected chi connectivity index (χ0v) is 13.1. The van der Waals surface area contributed by atoms with E-state index in [1.54, 1.807) is 4.57 Å². The van der Waals surface area contributed by atoms with Crippen molar-refractivity contribution < 1.29 is 9.15 Å². The molecule has 0 radical (unpaired) electrons. The number of benzene rings is 1. The van der Waals surface area contributed by atoms with Gasteiger partial charge in [0.25, 0.3) is 0 Å². The summed E-state index contributed by atoms with van der Waals surface area (Å²) in [4.78, 5) is 11.9. The number of nitrogens with zero attached hydrogens (tertiary/aromatic N) is 1. The number of alkyl halides is 1. The van der Waals surface area contributed by atoms with Gasteiger partial charge in [-0.3, -0.25) is 4.57 Å². The monoisotopic (exact) mass is 339 g/mol. The van der Waals surface area contributed by atoms with Crippen LogP contribution in [0.4, 0.5) is 0 Å². The summed E-state index contributed by atoms with van der Waals surface area (Å²) in [7, 11) is 0. The molecule has 1 fully saturated rings. The van der Waals surface area contributed by atoms with Crippen LogP contribution in [0.15, 0.2) is 27.4 Å². The van der Waals surface area contributed by atoms with Crippen LogP contribution in [0.1, 0.15) is 36.6 Å². The number of aromatic nitrogens is 1. The SMILES string of the molecule is CCn1c(=O)oc2cc(C(Br)C3CCCCO3)ccc21. The summed E-state index contributed by atoms with van der Waals surface area (Å²) in [6.45, 7) is 3.39. The third kappa shape index (κ3) is 2.44. The summed E-state index contributed by atoms with van der Waals surface area (Å²) in [6.07, 6.45) is 3.61. The molecule has 1 aromatic carbocycles. The third-order valence-corrected chi connectivity index (χ3v) is 4.99. The van der Waals surface area contributed by atoms with Gasteiger partial charge in [0.15, 0.2) is 5.58 Å². The molecule has 4 nitrogen and oxygen atoms in total. The van der Waals surface area contributed by atoms with E-state index in [0.29, 0.717) is 12.1 Å². The van der Waals surface area contributed by atoms with Crippen molar-refractivity contribution in [3.8, 4) is 0 Å². The molecule has 2 heterocycles. The first-order chi connectivity index (χ1) is 9.70. The Bertz CT molecular complexity index is 655. The summed E-state index contributed by atoms with van der Waals surface area (Å²) in [5, 5.41) is 0. The highest BCUT2D eigenvalue weighted by Crippen LogP contribution is 2.34. The highest BCUT2D eigenvalue weighted by molar-refractivity contribution is 9.09. The predicted octanol–water partition coefficient (Wildman–Crippen LogP) is 3.62. The van der Waals surface area contributed by atoms with E-state index in [1.807, 2.05) is 25.1 Å². The Morgan fingerprint density at radius 2 is 2.30 bits per heavy atom. The molecule has 0 amide bonds. The van der Waals surface area contributed by atoms with Gasteiger partial charge >= 0.3 is 5.76 Å². The first kappa shape index (κ1) is 13.9. The van der Waals surface area contributed by atoms with Crippen LogP contribution in [0, 0.1) is 0 Å². The second-order valence-electron chi connectivity index (χ2n) is 5.15. The van der Waals surface area contributed by atoms with E-state index in [4.69, 9.17) is 9.15 Å². The molecule has 3 rings (SSSR count). The summed E-state index contributed by atoms with van der Waals surface area (Å²) < 4.78 is 12.8. The minimum Gasteiger partial charge on any atom is -0.408 e. The number of hydrogen-bond acceptors (Lipinski definition) is 3. The van der Waals surface area contributed by atoms with Crippen LogP contribution < -0.4 is 5.76 Å².